The molecule has 1 saturated heterocycles. The second-order valence-corrected chi connectivity index (χ2v) is 7.82. The molecule has 5 heterocycles. The van der Waals surface area contributed by atoms with Gasteiger partial charge in [-0.25, -0.2) is 19.6 Å². The molecule has 5 rings (SSSR count). The highest BCUT2D eigenvalue weighted by Crippen LogP contribution is 2.24. The molecule has 4 aromatic rings. The number of thiophene rings is 1. The topological polar surface area (TPSA) is 97.9 Å². The molecule has 1 amide bonds. The van der Waals surface area contributed by atoms with Crippen LogP contribution in [0.25, 0.3) is 16.4 Å². The summed E-state index contributed by atoms with van der Waals surface area (Å²) in [7, 11) is 1.81. The molecule has 0 radical (unpaired) electrons. The van der Waals surface area contributed by atoms with Gasteiger partial charge in [-0.05, 0) is 17.5 Å². The number of anilines is 1. The summed E-state index contributed by atoms with van der Waals surface area (Å²) >= 11 is 1.61. The molecule has 0 unspecified atom stereocenters. The third kappa shape index (κ3) is 3.43. The zero-order valence-electron chi connectivity index (χ0n) is 16.3. The lowest BCUT2D eigenvalue weighted by atomic mass is 10.2. The number of nitrogens with zero attached hydrogens (tertiary/aromatic N) is 9. The molecule has 0 bridgehead atoms. The lowest BCUT2D eigenvalue weighted by Gasteiger charge is -2.35. The van der Waals surface area contributed by atoms with Crippen LogP contribution in [0.2, 0.25) is 0 Å². The quantitative estimate of drug-likeness (QED) is 0.492. The Bertz CT molecular complexity index is 1140. The third-order valence-electron chi connectivity index (χ3n) is 5.06. The largest absolute Gasteiger partial charge is 0.353 e. The molecule has 0 atom stereocenters. The minimum Gasteiger partial charge on any atom is -0.353 e. The van der Waals surface area contributed by atoms with Crippen LogP contribution in [0, 0.1) is 0 Å². The molecule has 30 heavy (non-hydrogen) atoms. The molecule has 1 aliphatic rings. The van der Waals surface area contributed by atoms with Crippen molar-refractivity contribution in [3.8, 4) is 16.4 Å². The van der Waals surface area contributed by atoms with E-state index < -0.39 is 0 Å². The van der Waals surface area contributed by atoms with Gasteiger partial charge in [0.25, 0.3) is 5.91 Å². The summed E-state index contributed by atoms with van der Waals surface area (Å²) in [5.74, 6) is 1.47. The molecule has 1 aliphatic heterocycles. The van der Waals surface area contributed by atoms with Crippen LogP contribution in [0.15, 0.2) is 48.6 Å². The summed E-state index contributed by atoms with van der Waals surface area (Å²) in [6.45, 7) is 2.60. The van der Waals surface area contributed by atoms with Crippen LogP contribution in [0.4, 0.5) is 5.82 Å². The Labute approximate surface area is 176 Å². The molecule has 11 heteroatoms. The zero-order chi connectivity index (χ0) is 20.5. The molecule has 0 aliphatic carbocycles. The van der Waals surface area contributed by atoms with Gasteiger partial charge in [-0.3, -0.25) is 9.48 Å². The summed E-state index contributed by atoms with van der Waals surface area (Å²) in [4.78, 5) is 30.7. The van der Waals surface area contributed by atoms with Crippen molar-refractivity contribution in [2.75, 3.05) is 31.1 Å². The van der Waals surface area contributed by atoms with Gasteiger partial charge >= 0.3 is 0 Å². The third-order valence-corrected chi connectivity index (χ3v) is 5.95. The average molecular weight is 421 g/mol. The number of hydrogen-bond acceptors (Lipinski definition) is 8. The summed E-state index contributed by atoms with van der Waals surface area (Å²) in [5, 5.41) is 10.6. The first-order valence-electron chi connectivity index (χ1n) is 9.48. The maximum Gasteiger partial charge on any atom is 0.272 e. The Kier molecular flexibility index (Phi) is 4.71. The van der Waals surface area contributed by atoms with Crippen LogP contribution >= 0.6 is 11.3 Å². The fraction of sp³-hybridized carbons (Fsp3) is 0.263. The second kappa shape index (κ2) is 7.67. The summed E-state index contributed by atoms with van der Waals surface area (Å²) in [6, 6.07) is 7.74. The van der Waals surface area contributed by atoms with Crippen molar-refractivity contribution in [3.63, 3.8) is 0 Å². The number of amides is 1. The Morgan fingerprint density at radius 1 is 1.07 bits per heavy atom. The van der Waals surface area contributed by atoms with E-state index in [1.807, 2.05) is 41.6 Å². The highest BCUT2D eigenvalue weighted by Gasteiger charge is 2.26. The van der Waals surface area contributed by atoms with Gasteiger partial charge in [-0.1, -0.05) is 6.07 Å². The van der Waals surface area contributed by atoms with Crippen LogP contribution < -0.4 is 4.90 Å². The fourth-order valence-electron chi connectivity index (χ4n) is 3.47. The lowest BCUT2D eigenvalue weighted by molar-refractivity contribution is 0.0735. The molecular weight excluding hydrogens is 402 g/mol. The van der Waals surface area contributed by atoms with Crippen LogP contribution in [0.5, 0.6) is 0 Å². The van der Waals surface area contributed by atoms with Crippen LogP contribution in [-0.4, -0.2) is 71.5 Å². The normalized spacial score (nSPS) is 14.3. The molecule has 0 spiro atoms. The first-order valence-corrected chi connectivity index (χ1v) is 10.4. The number of carbonyl (C=O) groups excluding carboxylic acids is 1. The Balaban J connectivity index is 1.27. The van der Waals surface area contributed by atoms with E-state index in [9.17, 15) is 4.79 Å². The van der Waals surface area contributed by atoms with Gasteiger partial charge in [0, 0.05) is 39.3 Å². The standard InChI is InChI=1S/C19H19N9OS/c1-25-15(9-14(24-25)16-3-2-8-30-16)19(29)27-6-4-26(5-7-27)17-10-18(22-12-21-17)28-13-20-11-23-28/h2-3,8-13H,4-7H2,1H3. The van der Waals surface area contributed by atoms with Crippen molar-refractivity contribution in [2.24, 2.45) is 7.05 Å². The summed E-state index contributed by atoms with van der Waals surface area (Å²) in [6.07, 6.45) is 4.58. The van der Waals surface area contributed by atoms with Gasteiger partial charge in [-0.2, -0.15) is 10.2 Å². The Morgan fingerprint density at radius 2 is 1.90 bits per heavy atom. The smallest absolute Gasteiger partial charge is 0.272 e. The lowest BCUT2D eigenvalue weighted by Crippen LogP contribution is -2.49. The van der Waals surface area contributed by atoms with Crippen LogP contribution in [-0.2, 0) is 7.05 Å². The van der Waals surface area contributed by atoms with E-state index in [-0.39, 0.29) is 5.91 Å². The molecule has 152 valence electrons. The number of carbonyl (C=O) groups is 1. The number of rotatable bonds is 4. The zero-order valence-corrected chi connectivity index (χ0v) is 17.1. The minimum absolute atomic E-state index is 0.00144. The maximum absolute atomic E-state index is 13.1. The van der Waals surface area contributed by atoms with E-state index in [1.165, 1.54) is 12.7 Å². The van der Waals surface area contributed by atoms with E-state index >= 15 is 0 Å². The van der Waals surface area contributed by atoms with E-state index in [4.69, 9.17) is 0 Å². The van der Waals surface area contributed by atoms with Crippen molar-refractivity contribution in [3.05, 3.63) is 54.3 Å². The molecule has 1 fully saturated rings. The minimum atomic E-state index is -0.00144. The monoisotopic (exact) mass is 421 g/mol. The summed E-state index contributed by atoms with van der Waals surface area (Å²) < 4.78 is 3.26. The Morgan fingerprint density at radius 3 is 2.63 bits per heavy atom. The Hall–Kier alpha value is -3.60. The van der Waals surface area contributed by atoms with Crippen molar-refractivity contribution < 1.29 is 4.79 Å². The van der Waals surface area contributed by atoms with E-state index in [2.05, 4.69) is 30.0 Å². The molecule has 0 saturated carbocycles. The van der Waals surface area contributed by atoms with Gasteiger partial charge in [-0.15, -0.1) is 11.3 Å². The molecule has 4 aromatic heterocycles. The first-order chi connectivity index (χ1) is 14.7. The predicted molar refractivity (Wildman–Crippen MR) is 112 cm³/mol. The highest BCUT2D eigenvalue weighted by molar-refractivity contribution is 7.13. The van der Waals surface area contributed by atoms with Crippen LogP contribution in [0.1, 0.15) is 10.5 Å². The van der Waals surface area contributed by atoms with Gasteiger partial charge in [0.1, 0.15) is 36.2 Å². The summed E-state index contributed by atoms with van der Waals surface area (Å²) in [5.41, 5.74) is 1.43. The van der Waals surface area contributed by atoms with Crippen LogP contribution in [0.3, 0.4) is 0 Å². The fourth-order valence-corrected chi connectivity index (χ4v) is 4.16. The first kappa shape index (κ1) is 18.4. The van der Waals surface area contributed by atoms with Crippen molar-refractivity contribution in [2.45, 2.75) is 0 Å². The molecule has 0 N–H and O–H groups in total. The number of piperazine rings is 1. The van der Waals surface area contributed by atoms with E-state index in [0.29, 0.717) is 37.7 Å². The highest BCUT2D eigenvalue weighted by atomic mass is 32.1. The van der Waals surface area contributed by atoms with E-state index in [0.717, 1.165) is 16.4 Å². The van der Waals surface area contributed by atoms with Crippen molar-refractivity contribution in [1.29, 1.82) is 0 Å². The number of aromatic nitrogens is 7. The molecule has 10 nitrogen and oxygen atoms in total. The van der Waals surface area contributed by atoms with Gasteiger partial charge in [0.05, 0.1) is 4.88 Å². The molecular formula is C19H19N9OS. The number of aryl methyl sites for hydroxylation is 1. The van der Waals surface area contributed by atoms with Gasteiger partial charge in [0.2, 0.25) is 0 Å². The predicted octanol–water partition coefficient (Wildman–Crippen LogP) is 1.48. The number of hydrogen-bond donors (Lipinski definition) is 0. The van der Waals surface area contributed by atoms with E-state index in [1.54, 1.807) is 27.0 Å². The second-order valence-electron chi connectivity index (χ2n) is 6.87. The maximum atomic E-state index is 13.1. The van der Waals surface area contributed by atoms with Crippen molar-refractivity contribution >= 4 is 23.1 Å². The van der Waals surface area contributed by atoms with Gasteiger partial charge < -0.3 is 9.80 Å². The average Bonchev–Trinajstić information content (AvgIpc) is 3.55. The van der Waals surface area contributed by atoms with Gasteiger partial charge in [0.15, 0.2) is 5.82 Å². The molecule has 0 aromatic carbocycles. The van der Waals surface area contributed by atoms with Crippen molar-refractivity contribution in [1.82, 2.24) is 39.4 Å². The SMILES string of the molecule is Cn1nc(-c2cccs2)cc1C(=O)N1CCN(c2cc(-n3cncn3)ncn2)CC1.